The lowest BCUT2D eigenvalue weighted by Gasteiger charge is -2.26. The zero-order chi connectivity index (χ0) is 12.3. The molecule has 1 aromatic rings. The third-order valence-corrected chi connectivity index (χ3v) is 3.18. The summed E-state index contributed by atoms with van der Waals surface area (Å²) in [5, 5.41) is 7.89. The maximum atomic E-state index is 5.37. The van der Waals surface area contributed by atoms with Crippen molar-refractivity contribution in [1.29, 1.82) is 0 Å². The van der Waals surface area contributed by atoms with Crippen LogP contribution in [0.5, 0.6) is 0 Å². The summed E-state index contributed by atoms with van der Waals surface area (Å²) in [6.07, 6.45) is 0. The average molecular weight is 238 g/mol. The Bertz CT molecular complexity index is 369. The number of nitrogens with zero attached hydrogens (tertiary/aromatic N) is 3. The van der Waals surface area contributed by atoms with Crippen molar-refractivity contribution in [3.8, 4) is 0 Å². The molecule has 1 saturated heterocycles. The first kappa shape index (κ1) is 12.4. The molecule has 0 aliphatic carbocycles. The molecule has 1 N–H and O–H groups in total. The summed E-state index contributed by atoms with van der Waals surface area (Å²) in [6, 6.07) is 0. The van der Waals surface area contributed by atoms with Crippen LogP contribution in [0.3, 0.4) is 0 Å². The van der Waals surface area contributed by atoms with Gasteiger partial charge in [-0.1, -0.05) is 0 Å². The Morgan fingerprint density at radius 1 is 1.35 bits per heavy atom. The fourth-order valence-corrected chi connectivity index (χ4v) is 2.26. The second-order valence-electron chi connectivity index (χ2n) is 4.46. The highest BCUT2D eigenvalue weighted by Gasteiger charge is 2.17. The van der Waals surface area contributed by atoms with Crippen LogP contribution in [0.4, 0.5) is 5.82 Å². The van der Waals surface area contributed by atoms with E-state index in [1.54, 1.807) is 0 Å². The van der Waals surface area contributed by atoms with Gasteiger partial charge < -0.3 is 10.1 Å². The molecule has 0 spiro atoms. The van der Waals surface area contributed by atoms with Crippen molar-refractivity contribution in [2.24, 2.45) is 7.05 Å². The Morgan fingerprint density at radius 2 is 2.06 bits per heavy atom. The number of morpholine rings is 1. The molecular weight excluding hydrogens is 216 g/mol. The maximum Gasteiger partial charge on any atom is 0.128 e. The molecule has 17 heavy (non-hydrogen) atoms. The monoisotopic (exact) mass is 238 g/mol. The van der Waals surface area contributed by atoms with E-state index in [1.165, 1.54) is 5.56 Å². The van der Waals surface area contributed by atoms with Gasteiger partial charge in [0.25, 0.3) is 0 Å². The molecule has 0 atom stereocenters. The number of rotatable bonds is 4. The number of hydrogen-bond acceptors (Lipinski definition) is 4. The van der Waals surface area contributed by atoms with Crippen molar-refractivity contribution in [3.63, 3.8) is 0 Å². The molecule has 96 valence electrons. The van der Waals surface area contributed by atoms with Crippen molar-refractivity contribution in [3.05, 3.63) is 11.3 Å². The molecule has 0 bridgehead atoms. The molecule has 1 aliphatic heterocycles. The molecule has 0 saturated carbocycles. The van der Waals surface area contributed by atoms with Crippen LogP contribution in [0.25, 0.3) is 0 Å². The van der Waals surface area contributed by atoms with Crippen molar-refractivity contribution in [2.45, 2.75) is 20.4 Å². The van der Waals surface area contributed by atoms with E-state index in [4.69, 9.17) is 4.74 Å². The van der Waals surface area contributed by atoms with Gasteiger partial charge in [0.1, 0.15) is 5.82 Å². The van der Waals surface area contributed by atoms with Crippen LogP contribution >= 0.6 is 0 Å². The Labute approximate surface area is 103 Å². The van der Waals surface area contributed by atoms with Gasteiger partial charge >= 0.3 is 0 Å². The SMILES string of the molecule is CCNc1c(CN2CCOCC2)c(C)nn1C. The lowest BCUT2D eigenvalue weighted by Crippen LogP contribution is -2.35. The summed E-state index contributed by atoms with van der Waals surface area (Å²) >= 11 is 0. The van der Waals surface area contributed by atoms with Crippen LogP contribution in [-0.2, 0) is 18.3 Å². The summed E-state index contributed by atoms with van der Waals surface area (Å²) in [7, 11) is 1.99. The first-order valence-corrected chi connectivity index (χ1v) is 6.28. The van der Waals surface area contributed by atoms with Crippen molar-refractivity contribution < 1.29 is 4.74 Å². The van der Waals surface area contributed by atoms with Crippen molar-refractivity contribution in [2.75, 3.05) is 38.2 Å². The fourth-order valence-electron chi connectivity index (χ4n) is 2.26. The zero-order valence-corrected chi connectivity index (χ0v) is 11.0. The molecule has 2 rings (SSSR count). The molecule has 0 aromatic carbocycles. The predicted molar refractivity (Wildman–Crippen MR) is 68.2 cm³/mol. The van der Waals surface area contributed by atoms with Crippen LogP contribution < -0.4 is 5.32 Å². The summed E-state index contributed by atoms with van der Waals surface area (Å²) in [5.74, 6) is 1.15. The van der Waals surface area contributed by atoms with E-state index in [1.807, 2.05) is 11.7 Å². The van der Waals surface area contributed by atoms with Crippen LogP contribution in [-0.4, -0.2) is 47.5 Å². The summed E-state index contributed by atoms with van der Waals surface area (Å²) in [4.78, 5) is 2.42. The van der Waals surface area contributed by atoms with Gasteiger partial charge in [-0.25, -0.2) is 0 Å². The van der Waals surface area contributed by atoms with E-state index >= 15 is 0 Å². The van der Waals surface area contributed by atoms with E-state index in [0.717, 1.165) is 50.9 Å². The molecule has 1 fully saturated rings. The predicted octanol–water partition coefficient (Wildman–Crippen LogP) is 0.993. The van der Waals surface area contributed by atoms with Gasteiger partial charge in [0.05, 0.1) is 18.9 Å². The molecule has 1 aromatic heterocycles. The number of aryl methyl sites for hydroxylation is 2. The number of ether oxygens (including phenoxy) is 1. The minimum absolute atomic E-state index is 0.843. The highest BCUT2D eigenvalue weighted by molar-refractivity contribution is 5.47. The van der Waals surface area contributed by atoms with Gasteiger partial charge in [0.2, 0.25) is 0 Å². The van der Waals surface area contributed by atoms with Gasteiger partial charge in [-0.15, -0.1) is 0 Å². The molecular formula is C12H22N4O. The van der Waals surface area contributed by atoms with Crippen LogP contribution in [0.2, 0.25) is 0 Å². The summed E-state index contributed by atoms with van der Waals surface area (Å²) < 4.78 is 7.31. The molecule has 1 aliphatic rings. The maximum absolute atomic E-state index is 5.37. The molecule has 2 heterocycles. The number of nitrogens with one attached hydrogen (secondary N) is 1. The summed E-state index contributed by atoms with van der Waals surface area (Å²) in [5.41, 5.74) is 2.44. The number of aromatic nitrogens is 2. The fraction of sp³-hybridized carbons (Fsp3) is 0.750. The molecule has 5 nitrogen and oxygen atoms in total. The average Bonchev–Trinajstić information content (AvgIpc) is 2.58. The normalized spacial score (nSPS) is 17.4. The third-order valence-electron chi connectivity index (χ3n) is 3.18. The third kappa shape index (κ3) is 2.79. The lowest BCUT2D eigenvalue weighted by atomic mass is 10.2. The quantitative estimate of drug-likeness (QED) is 0.849. The Balaban J connectivity index is 2.12. The zero-order valence-electron chi connectivity index (χ0n) is 11.0. The highest BCUT2D eigenvalue weighted by Crippen LogP contribution is 2.21. The molecule has 0 unspecified atom stereocenters. The van der Waals surface area contributed by atoms with Crippen LogP contribution in [0.1, 0.15) is 18.2 Å². The second kappa shape index (κ2) is 5.51. The molecule has 5 heteroatoms. The Hall–Kier alpha value is -1.07. The van der Waals surface area contributed by atoms with E-state index in [-0.39, 0.29) is 0 Å². The second-order valence-corrected chi connectivity index (χ2v) is 4.46. The van der Waals surface area contributed by atoms with Gasteiger partial charge in [0, 0.05) is 38.8 Å². The summed E-state index contributed by atoms with van der Waals surface area (Å²) in [6.45, 7) is 9.80. The number of anilines is 1. The Kier molecular flexibility index (Phi) is 4.02. The van der Waals surface area contributed by atoms with Gasteiger partial charge in [-0.3, -0.25) is 9.58 Å². The van der Waals surface area contributed by atoms with Gasteiger partial charge in [0.15, 0.2) is 0 Å². The number of hydrogen-bond donors (Lipinski definition) is 1. The van der Waals surface area contributed by atoms with Crippen LogP contribution in [0.15, 0.2) is 0 Å². The highest BCUT2D eigenvalue weighted by atomic mass is 16.5. The minimum atomic E-state index is 0.843. The smallest absolute Gasteiger partial charge is 0.128 e. The standard InChI is InChI=1S/C12H22N4O/c1-4-13-12-11(10(2)14-15(12)3)9-16-5-7-17-8-6-16/h13H,4-9H2,1-3H3. The Morgan fingerprint density at radius 3 is 2.71 bits per heavy atom. The first-order valence-electron chi connectivity index (χ1n) is 6.28. The minimum Gasteiger partial charge on any atom is -0.379 e. The molecule has 0 radical (unpaired) electrons. The van der Waals surface area contributed by atoms with E-state index in [2.05, 4.69) is 29.2 Å². The van der Waals surface area contributed by atoms with Gasteiger partial charge in [-0.05, 0) is 13.8 Å². The van der Waals surface area contributed by atoms with E-state index in [0.29, 0.717) is 0 Å². The van der Waals surface area contributed by atoms with Gasteiger partial charge in [-0.2, -0.15) is 5.10 Å². The first-order chi connectivity index (χ1) is 8.22. The topological polar surface area (TPSA) is 42.3 Å². The van der Waals surface area contributed by atoms with Crippen LogP contribution in [0, 0.1) is 6.92 Å². The van der Waals surface area contributed by atoms with E-state index < -0.39 is 0 Å². The lowest BCUT2D eigenvalue weighted by molar-refractivity contribution is 0.0342. The van der Waals surface area contributed by atoms with Crippen molar-refractivity contribution >= 4 is 5.82 Å². The van der Waals surface area contributed by atoms with E-state index in [9.17, 15) is 0 Å². The largest absolute Gasteiger partial charge is 0.379 e. The molecule has 0 amide bonds. The van der Waals surface area contributed by atoms with Crippen molar-refractivity contribution in [1.82, 2.24) is 14.7 Å².